The number of nitrogens with one attached hydrogen (secondary N) is 1. The predicted molar refractivity (Wildman–Crippen MR) is 101 cm³/mol. The van der Waals surface area contributed by atoms with Crippen molar-refractivity contribution in [1.29, 1.82) is 0 Å². The number of fused-ring (bicyclic) bond motifs is 3. The van der Waals surface area contributed by atoms with Crippen molar-refractivity contribution < 1.29 is 4.79 Å². The molecule has 2 aromatic carbocycles. The fraction of sp³-hybridized carbons (Fsp3) is 0.286. The lowest BCUT2D eigenvalue weighted by Gasteiger charge is -2.31. The van der Waals surface area contributed by atoms with E-state index in [9.17, 15) is 4.79 Å². The lowest BCUT2D eigenvalue weighted by atomic mass is 9.90. The number of hydrogen-bond donors (Lipinski definition) is 2. The van der Waals surface area contributed by atoms with Gasteiger partial charge in [0, 0.05) is 34.7 Å². The van der Waals surface area contributed by atoms with Gasteiger partial charge in [0.2, 0.25) is 5.91 Å². The van der Waals surface area contributed by atoms with Crippen molar-refractivity contribution in [3.63, 3.8) is 0 Å². The van der Waals surface area contributed by atoms with Gasteiger partial charge in [-0.2, -0.15) is 0 Å². The van der Waals surface area contributed by atoms with E-state index < -0.39 is 0 Å². The van der Waals surface area contributed by atoms with Gasteiger partial charge in [0.25, 0.3) is 0 Å². The Labute approximate surface area is 147 Å². The molecule has 1 unspecified atom stereocenters. The van der Waals surface area contributed by atoms with Crippen LogP contribution in [-0.4, -0.2) is 28.9 Å². The molecule has 1 aliphatic carbocycles. The number of aromatic nitrogens is 1. The minimum atomic E-state index is -0.370. The number of aromatic amines is 1. The molecule has 4 heteroatoms. The number of benzene rings is 2. The van der Waals surface area contributed by atoms with Gasteiger partial charge in [-0.1, -0.05) is 30.3 Å². The van der Waals surface area contributed by atoms with Crippen LogP contribution in [-0.2, 0) is 19.4 Å². The summed E-state index contributed by atoms with van der Waals surface area (Å²) >= 11 is 0. The zero-order chi connectivity index (χ0) is 17.4. The summed E-state index contributed by atoms with van der Waals surface area (Å²) in [6, 6.07) is 16.8. The Morgan fingerprint density at radius 1 is 1.24 bits per heavy atom. The van der Waals surface area contributed by atoms with Crippen molar-refractivity contribution in [2.45, 2.75) is 31.8 Å². The van der Waals surface area contributed by atoms with Crippen molar-refractivity contribution in [2.24, 2.45) is 5.73 Å². The molecule has 1 amide bonds. The maximum Gasteiger partial charge on any atom is 0.248 e. The molecule has 25 heavy (non-hydrogen) atoms. The minimum absolute atomic E-state index is 0.370. The lowest BCUT2D eigenvalue weighted by Crippen LogP contribution is -2.35. The molecule has 0 bridgehead atoms. The molecule has 0 aliphatic heterocycles. The van der Waals surface area contributed by atoms with Gasteiger partial charge in [-0.05, 0) is 55.6 Å². The Balaban J connectivity index is 1.60. The minimum Gasteiger partial charge on any atom is -0.366 e. The van der Waals surface area contributed by atoms with Gasteiger partial charge >= 0.3 is 0 Å². The Morgan fingerprint density at radius 2 is 2.04 bits per heavy atom. The van der Waals surface area contributed by atoms with Gasteiger partial charge in [0.15, 0.2) is 0 Å². The maximum absolute atomic E-state index is 11.5. The van der Waals surface area contributed by atoms with E-state index in [1.807, 2.05) is 12.1 Å². The molecule has 0 fully saturated rings. The maximum atomic E-state index is 11.5. The van der Waals surface area contributed by atoms with E-state index in [0.29, 0.717) is 11.6 Å². The van der Waals surface area contributed by atoms with Crippen molar-refractivity contribution in [2.75, 3.05) is 7.05 Å². The first-order valence-electron chi connectivity index (χ1n) is 8.79. The highest BCUT2D eigenvalue weighted by atomic mass is 16.1. The van der Waals surface area contributed by atoms with Crippen LogP contribution < -0.4 is 5.73 Å². The third-order valence-corrected chi connectivity index (χ3v) is 5.34. The fourth-order valence-corrected chi connectivity index (χ4v) is 3.93. The SMILES string of the molecule is CN(Cc1ccccc1)C1CCc2[nH]c3ccc(C(N)=O)cc3c2C1. The monoisotopic (exact) mass is 333 g/mol. The summed E-state index contributed by atoms with van der Waals surface area (Å²) in [5.74, 6) is -0.370. The second-order valence-corrected chi connectivity index (χ2v) is 7.00. The smallest absolute Gasteiger partial charge is 0.248 e. The molecule has 0 radical (unpaired) electrons. The molecule has 128 valence electrons. The standard InChI is InChI=1S/C21H23N3O/c1-24(13-14-5-3-2-4-6-14)16-8-10-20-18(12-16)17-11-15(21(22)25)7-9-19(17)23-20/h2-7,9,11,16,23H,8,10,12-13H2,1H3,(H2,22,25). The molecular weight excluding hydrogens is 310 g/mol. The van der Waals surface area contributed by atoms with Gasteiger partial charge in [0.1, 0.15) is 0 Å². The third kappa shape index (κ3) is 3.05. The first-order valence-corrected chi connectivity index (χ1v) is 8.79. The highest BCUT2D eigenvalue weighted by molar-refractivity contribution is 5.98. The number of nitrogens with zero attached hydrogens (tertiary/aromatic N) is 1. The molecule has 1 aromatic heterocycles. The molecule has 3 N–H and O–H groups in total. The predicted octanol–water partition coefficient (Wildman–Crippen LogP) is 3.26. The van der Waals surface area contributed by atoms with Crippen LogP contribution in [0.15, 0.2) is 48.5 Å². The molecule has 0 saturated carbocycles. The number of hydrogen-bond acceptors (Lipinski definition) is 2. The first kappa shape index (κ1) is 15.9. The summed E-state index contributed by atoms with van der Waals surface area (Å²) in [6.45, 7) is 0.954. The van der Waals surface area contributed by atoms with E-state index >= 15 is 0 Å². The quantitative estimate of drug-likeness (QED) is 0.770. The Morgan fingerprint density at radius 3 is 2.80 bits per heavy atom. The summed E-state index contributed by atoms with van der Waals surface area (Å²) in [6.07, 6.45) is 3.19. The summed E-state index contributed by atoms with van der Waals surface area (Å²) in [7, 11) is 2.20. The van der Waals surface area contributed by atoms with Gasteiger partial charge < -0.3 is 10.7 Å². The van der Waals surface area contributed by atoms with Crippen LogP contribution in [0.25, 0.3) is 10.9 Å². The van der Waals surface area contributed by atoms with E-state index in [4.69, 9.17) is 5.73 Å². The summed E-state index contributed by atoms with van der Waals surface area (Å²) < 4.78 is 0. The average Bonchev–Trinajstić information content (AvgIpc) is 2.99. The van der Waals surface area contributed by atoms with Crippen LogP contribution in [0.1, 0.15) is 33.6 Å². The second kappa shape index (κ2) is 6.37. The number of aryl methyl sites for hydroxylation is 1. The number of likely N-dealkylation sites (N-methyl/N-ethyl adjacent to an activating group) is 1. The molecule has 3 aromatic rings. The fourth-order valence-electron chi connectivity index (χ4n) is 3.93. The molecule has 1 heterocycles. The van der Waals surface area contributed by atoms with E-state index in [0.717, 1.165) is 36.7 Å². The number of carbonyl (C=O) groups is 1. The molecule has 0 spiro atoms. The Bertz CT molecular complexity index is 914. The molecule has 1 aliphatic rings. The van der Waals surface area contributed by atoms with Gasteiger partial charge in [-0.25, -0.2) is 0 Å². The number of carbonyl (C=O) groups excluding carboxylic acids is 1. The normalized spacial score (nSPS) is 17.0. The molecule has 4 nitrogen and oxygen atoms in total. The summed E-state index contributed by atoms with van der Waals surface area (Å²) in [5.41, 5.74) is 11.1. The van der Waals surface area contributed by atoms with Crippen LogP contribution in [0.3, 0.4) is 0 Å². The first-order chi connectivity index (χ1) is 12.1. The van der Waals surface area contributed by atoms with Crippen LogP contribution in [0, 0.1) is 0 Å². The second-order valence-electron chi connectivity index (χ2n) is 7.00. The van der Waals surface area contributed by atoms with Gasteiger partial charge in [-0.3, -0.25) is 9.69 Å². The van der Waals surface area contributed by atoms with Gasteiger partial charge in [-0.15, -0.1) is 0 Å². The van der Waals surface area contributed by atoms with Crippen LogP contribution in [0.2, 0.25) is 0 Å². The zero-order valence-electron chi connectivity index (χ0n) is 14.5. The number of rotatable bonds is 4. The number of nitrogens with two attached hydrogens (primary N) is 1. The van der Waals surface area contributed by atoms with E-state index in [2.05, 4.69) is 47.3 Å². The summed E-state index contributed by atoms with van der Waals surface area (Å²) in [5, 5.41) is 1.14. The van der Waals surface area contributed by atoms with E-state index in [1.165, 1.54) is 16.8 Å². The Hall–Kier alpha value is -2.59. The lowest BCUT2D eigenvalue weighted by molar-refractivity contribution is 0.100. The highest BCUT2D eigenvalue weighted by Gasteiger charge is 2.25. The average molecular weight is 333 g/mol. The van der Waals surface area contributed by atoms with Crippen molar-refractivity contribution >= 4 is 16.8 Å². The number of amides is 1. The van der Waals surface area contributed by atoms with Crippen LogP contribution in [0.5, 0.6) is 0 Å². The van der Waals surface area contributed by atoms with Gasteiger partial charge in [0.05, 0.1) is 0 Å². The van der Waals surface area contributed by atoms with E-state index in [-0.39, 0.29) is 5.91 Å². The Kier molecular flexibility index (Phi) is 4.06. The molecule has 4 rings (SSSR count). The van der Waals surface area contributed by atoms with Crippen LogP contribution >= 0.6 is 0 Å². The topological polar surface area (TPSA) is 62.1 Å². The molecular formula is C21H23N3O. The molecule has 0 saturated heterocycles. The number of H-pyrrole nitrogens is 1. The van der Waals surface area contributed by atoms with E-state index in [1.54, 1.807) is 6.07 Å². The van der Waals surface area contributed by atoms with Crippen molar-refractivity contribution in [1.82, 2.24) is 9.88 Å². The van der Waals surface area contributed by atoms with Crippen LogP contribution in [0.4, 0.5) is 0 Å². The molecule has 1 atom stereocenters. The largest absolute Gasteiger partial charge is 0.366 e. The third-order valence-electron chi connectivity index (χ3n) is 5.34. The van der Waals surface area contributed by atoms with Crippen molar-refractivity contribution in [3.8, 4) is 0 Å². The zero-order valence-corrected chi connectivity index (χ0v) is 14.5. The highest BCUT2D eigenvalue weighted by Crippen LogP contribution is 2.31. The number of primary amides is 1. The summed E-state index contributed by atoms with van der Waals surface area (Å²) in [4.78, 5) is 17.5. The van der Waals surface area contributed by atoms with Crippen molar-refractivity contribution in [3.05, 3.63) is 70.9 Å².